The van der Waals surface area contributed by atoms with E-state index in [4.69, 9.17) is 11.6 Å². The maximum absolute atomic E-state index is 12.3. The molecule has 0 saturated carbocycles. The molecule has 1 aliphatic rings. The Labute approximate surface area is 182 Å². The molecule has 0 saturated heterocycles. The van der Waals surface area contributed by atoms with Gasteiger partial charge in [-0.3, -0.25) is 24.2 Å². The van der Waals surface area contributed by atoms with Crippen molar-refractivity contribution in [3.05, 3.63) is 77.2 Å². The van der Waals surface area contributed by atoms with E-state index in [0.717, 1.165) is 16.6 Å². The Bertz CT molecular complexity index is 1320. The highest BCUT2D eigenvalue weighted by molar-refractivity contribution is 6.52. The van der Waals surface area contributed by atoms with Crippen LogP contribution < -0.4 is 10.2 Å². The number of ketones is 1. The number of benzene rings is 2. The first-order valence-electron chi connectivity index (χ1n) is 9.72. The second kappa shape index (κ2) is 7.81. The van der Waals surface area contributed by atoms with Gasteiger partial charge in [0.2, 0.25) is 0 Å². The van der Waals surface area contributed by atoms with Gasteiger partial charge in [-0.1, -0.05) is 28.9 Å². The van der Waals surface area contributed by atoms with Crippen LogP contribution in [0.15, 0.2) is 60.9 Å². The normalized spacial score (nSPS) is 13.1. The van der Waals surface area contributed by atoms with Crippen molar-refractivity contribution in [3.8, 4) is 0 Å². The van der Waals surface area contributed by atoms with Gasteiger partial charge in [0.15, 0.2) is 0 Å². The fraction of sp³-hybridized carbons (Fsp3) is 0.136. The third-order valence-electron chi connectivity index (χ3n) is 5.15. The van der Waals surface area contributed by atoms with Crippen molar-refractivity contribution >= 4 is 45.6 Å². The van der Waals surface area contributed by atoms with Gasteiger partial charge in [-0.2, -0.15) is 0 Å². The number of aromatic nitrogens is 4. The summed E-state index contributed by atoms with van der Waals surface area (Å²) in [6, 6.07) is 14.5. The van der Waals surface area contributed by atoms with Gasteiger partial charge >= 0.3 is 0 Å². The molecule has 1 N–H and O–H groups in total. The lowest BCUT2D eigenvalue weighted by molar-refractivity contribution is -0.114. The molecule has 0 atom stereocenters. The summed E-state index contributed by atoms with van der Waals surface area (Å²) in [5, 5.41) is 13.3. The zero-order chi connectivity index (χ0) is 21.4. The molecule has 0 unspecified atom stereocenters. The number of pyridine rings is 1. The van der Waals surface area contributed by atoms with Crippen LogP contribution in [0.1, 0.15) is 16.1 Å². The highest BCUT2D eigenvalue weighted by atomic mass is 35.5. The maximum Gasteiger partial charge on any atom is 0.299 e. The lowest BCUT2D eigenvalue weighted by Crippen LogP contribution is -2.29. The molecule has 0 radical (unpaired) electrons. The van der Waals surface area contributed by atoms with E-state index in [-0.39, 0.29) is 6.54 Å². The van der Waals surface area contributed by atoms with Crippen LogP contribution in [0.2, 0.25) is 5.02 Å². The highest BCUT2D eigenvalue weighted by Gasteiger charge is 2.35. The molecule has 154 valence electrons. The van der Waals surface area contributed by atoms with Crippen LogP contribution in [-0.4, -0.2) is 38.2 Å². The topological polar surface area (TPSA) is 93.0 Å². The molecule has 2 aromatic carbocycles. The number of hydrogen-bond donors (Lipinski definition) is 1. The monoisotopic (exact) mass is 432 g/mol. The van der Waals surface area contributed by atoms with E-state index in [0.29, 0.717) is 35.1 Å². The van der Waals surface area contributed by atoms with Crippen LogP contribution in [0.5, 0.6) is 0 Å². The standard InChI is InChI=1S/C22H17ClN6O2/c23-14-5-6-16-18(7-8-24-19(16)11-14)25-9-10-28-12-15(26-27-28)13-29-20-4-2-1-3-17(20)21(30)22(29)31/h1-8,11-12H,9-10,13H2,(H,24,25). The Kier molecular flexibility index (Phi) is 4.83. The van der Waals surface area contributed by atoms with Gasteiger partial charge in [-0.25, -0.2) is 0 Å². The predicted octanol–water partition coefficient (Wildman–Crippen LogP) is 3.32. The Morgan fingerprint density at radius 1 is 1.06 bits per heavy atom. The van der Waals surface area contributed by atoms with E-state index in [1.54, 1.807) is 41.3 Å². The van der Waals surface area contributed by atoms with Crippen molar-refractivity contribution in [3.63, 3.8) is 0 Å². The van der Waals surface area contributed by atoms with Gasteiger partial charge in [0.25, 0.3) is 11.7 Å². The number of rotatable bonds is 6. The second-order valence-corrected chi connectivity index (χ2v) is 7.59. The maximum atomic E-state index is 12.3. The van der Waals surface area contributed by atoms with Crippen LogP contribution in [0.25, 0.3) is 10.9 Å². The highest BCUT2D eigenvalue weighted by Crippen LogP contribution is 2.29. The molecule has 3 heterocycles. The lowest BCUT2D eigenvalue weighted by Gasteiger charge is -2.14. The van der Waals surface area contributed by atoms with Crippen LogP contribution in [0.4, 0.5) is 11.4 Å². The number of hydrogen-bond acceptors (Lipinski definition) is 6. The summed E-state index contributed by atoms with van der Waals surface area (Å²) < 4.78 is 1.71. The zero-order valence-electron chi connectivity index (χ0n) is 16.3. The van der Waals surface area contributed by atoms with Crippen molar-refractivity contribution in [2.45, 2.75) is 13.1 Å². The van der Waals surface area contributed by atoms with Crippen LogP contribution in [0.3, 0.4) is 0 Å². The van der Waals surface area contributed by atoms with Crippen LogP contribution >= 0.6 is 11.6 Å². The Morgan fingerprint density at radius 2 is 1.94 bits per heavy atom. The van der Waals surface area contributed by atoms with Gasteiger partial charge < -0.3 is 5.32 Å². The second-order valence-electron chi connectivity index (χ2n) is 7.16. The Morgan fingerprint density at radius 3 is 2.84 bits per heavy atom. The molecule has 2 aromatic heterocycles. The summed E-state index contributed by atoms with van der Waals surface area (Å²) >= 11 is 6.04. The van der Waals surface area contributed by atoms with E-state index >= 15 is 0 Å². The minimum atomic E-state index is -0.540. The van der Waals surface area contributed by atoms with Gasteiger partial charge in [-0.15, -0.1) is 5.10 Å². The van der Waals surface area contributed by atoms with Gasteiger partial charge in [0, 0.05) is 28.8 Å². The van der Waals surface area contributed by atoms with E-state index in [1.807, 2.05) is 24.3 Å². The number of nitrogens with zero attached hydrogens (tertiary/aromatic N) is 5. The molecule has 1 amide bonds. The molecule has 5 rings (SSSR count). The lowest BCUT2D eigenvalue weighted by atomic mass is 10.1. The van der Waals surface area contributed by atoms with Crippen molar-refractivity contribution in [2.75, 3.05) is 16.8 Å². The van der Waals surface area contributed by atoms with Gasteiger partial charge in [0.1, 0.15) is 5.69 Å². The summed E-state index contributed by atoms with van der Waals surface area (Å²) in [5.41, 5.74) is 3.43. The molecule has 8 nitrogen and oxygen atoms in total. The van der Waals surface area contributed by atoms with Crippen molar-refractivity contribution in [1.29, 1.82) is 0 Å². The van der Waals surface area contributed by atoms with Crippen LogP contribution in [0, 0.1) is 0 Å². The summed E-state index contributed by atoms with van der Waals surface area (Å²) in [6.45, 7) is 1.40. The number of para-hydroxylation sites is 1. The van der Waals surface area contributed by atoms with E-state index in [9.17, 15) is 9.59 Å². The smallest absolute Gasteiger partial charge is 0.299 e. The largest absolute Gasteiger partial charge is 0.383 e. The third-order valence-corrected chi connectivity index (χ3v) is 5.38. The molecule has 0 bridgehead atoms. The quantitative estimate of drug-likeness (QED) is 0.470. The number of amides is 1. The third kappa shape index (κ3) is 3.62. The minimum Gasteiger partial charge on any atom is -0.383 e. The molecule has 1 aliphatic heterocycles. The number of nitrogens with one attached hydrogen (secondary N) is 1. The number of carbonyl (C=O) groups excluding carboxylic acids is 2. The fourth-order valence-electron chi connectivity index (χ4n) is 3.67. The molecule has 31 heavy (non-hydrogen) atoms. The van der Waals surface area contributed by atoms with Crippen molar-refractivity contribution in [1.82, 2.24) is 20.0 Å². The summed E-state index contributed by atoms with van der Waals surface area (Å²) in [4.78, 5) is 30.2. The van der Waals surface area contributed by atoms with E-state index in [2.05, 4.69) is 20.6 Å². The molecule has 0 spiro atoms. The molecular weight excluding hydrogens is 416 g/mol. The Hall–Kier alpha value is -3.78. The Balaban J connectivity index is 1.24. The zero-order valence-corrected chi connectivity index (χ0v) is 17.1. The molecule has 0 fully saturated rings. The number of carbonyl (C=O) groups is 2. The molecule has 9 heteroatoms. The van der Waals surface area contributed by atoms with Gasteiger partial charge in [-0.05, 0) is 36.4 Å². The molecule has 0 aliphatic carbocycles. The first-order chi connectivity index (χ1) is 15.1. The number of fused-ring (bicyclic) bond motifs is 2. The van der Waals surface area contributed by atoms with Crippen LogP contribution in [-0.2, 0) is 17.9 Å². The molecule has 4 aromatic rings. The fourth-order valence-corrected chi connectivity index (χ4v) is 3.83. The van der Waals surface area contributed by atoms with Crippen molar-refractivity contribution < 1.29 is 9.59 Å². The van der Waals surface area contributed by atoms with Crippen molar-refractivity contribution in [2.24, 2.45) is 0 Å². The van der Waals surface area contributed by atoms with E-state index in [1.165, 1.54) is 4.90 Å². The summed E-state index contributed by atoms with van der Waals surface area (Å²) in [5.74, 6) is -1.03. The first kappa shape index (κ1) is 19.2. The van der Waals surface area contributed by atoms with Gasteiger partial charge in [0.05, 0.1) is 36.1 Å². The SMILES string of the molecule is O=C1C(=O)N(Cc2cn(CCNc3ccnc4cc(Cl)ccc34)nn2)c2ccccc21. The minimum absolute atomic E-state index is 0.199. The number of anilines is 2. The number of Topliss-reactive ketones (excluding diaryl/α,β-unsaturated/α-hetero) is 1. The predicted molar refractivity (Wildman–Crippen MR) is 117 cm³/mol. The van der Waals surface area contributed by atoms with E-state index < -0.39 is 11.7 Å². The summed E-state index contributed by atoms with van der Waals surface area (Å²) in [6.07, 6.45) is 3.52. The number of halogens is 1. The molecular formula is C22H17ClN6O2. The summed E-state index contributed by atoms with van der Waals surface area (Å²) in [7, 11) is 0. The average molecular weight is 433 g/mol. The first-order valence-corrected chi connectivity index (χ1v) is 10.1. The average Bonchev–Trinajstić information content (AvgIpc) is 3.32.